The maximum absolute atomic E-state index is 12.6. The molecule has 3 aromatic rings. The van der Waals surface area contributed by atoms with Crippen LogP contribution in [0.1, 0.15) is 59.3 Å². The largest absolute Gasteiger partial charge is 0.385 e. The number of benzene rings is 1. The third kappa shape index (κ3) is 3.76. The summed E-state index contributed by atoms with van der Waals surface area (Å²) in [5, 5.41) is 14.7. The second-order valence-electron chi connectivity index (χ2n) is 7.64. The molecule has 0 spiro atoms. The highest BCUT2D eigenvalue weighted by atomic mass is 16.3. The fourth-order valence-electron chi connectivity index (χ4n) is 3.96. The number of nitrogens with zero attached hydrogens (tertiary/aromatic N) is 2. The number of nitrogens with one attached hydrogen (secondary N) is 1. The molecule has 1 aliphatic carbocycles. The van der Waals surface area contributed by atoms with E-state index in [1.165, 1.54) is 6.42 Å². The quantitative estimate of drug-likeness (QED) is 0.722. The summed E-state index contributed by atoms with van der Waals surface area (Å²) in [7, 11) is 0. The molecular formula is C23H25N3O2. The number of hydrogen-bond donors (Lipinski definition) is 2. The molecule has 0 bridgehead atoms. The first kappa shape index (κ1) is 18.6. The summed E-state index contributed by atoms with van der Waals surface area (Å²) in [5.74, 6) is -0.147. The normalized spacial score (nSPS) is 16.1. The summed E-state index contributed by atoms with van der Waals surface area (Å²) in [6.45, 7) is 2.25. The van der Waals surface area contributed by atoms with E-state index in [0.29, 0.717) is 23.4 Å². The molecule has 1 fully saturated rings. The number of rotatable bonds is 4. The van der Waals surface area contributed by atoms with E-state index in [-0.39, 0.29) is 5.91 Å². The van der Waals surface area contributed by atoms with E-state index in [2.05, 4.69) is 15.3 Å². The Morgan fingerprint density at radius 3 is 2.64 bits per heavy atom. The molecule has 5 nitrogen and oxygen atoms in total. The first-order valence-electron chi connectivity index (χ1n) is 9.88. The molecule has 0 radical (unpaired) electrons. The van der Waals surface area contributed by atoms with Gasteiger partial charge < -0.3 is 10.4 Å². The fourth-order valence-corrected chi connectivity index (χ4v) is 3.96. The van der Waals surface area contributed by atoms with Crippen LogP contribution < -0.4 is 5.32 Å². The third-order valence-corrected chi connectivity index (χ3v) is 5.65. The molecule has 1 saturated carbocycles. The highest BCUT2D eigenvalue weighted by Gasteiger charge is 2.30. The Balaban J connectivity index is 1.44. The average Bonchev–Trinajstić information content (AvgIpc) is 2.72. The summed E-state index contributed by atoms with van der Waals surface area (Å²) in [5.41, 5.74) is 3.16. The lowest BCUT2D eigenvalue weighted by molar-refractivity contribution is -0.000643. The van der Waals surface area contributed by atoms with Gasteiger partial charge in [0.1, 0.15) is 0 Å². The van der Waals surface area contributed by atoms with E-state index in [0.717, 1.165) is 42.2 Å². The highest BCUT2D eigenvalue weighted by Crippen LogP contribution is 2.36. The molecule has 0 saturated heterocycles. The van der Waals surface area contributed by atoms with Gasteiger partial charge in [0.25, 0.3) is 5.91 Å². The van der Waals surface area contributed by atoms with Gasteiger partial charge >= 0.3 is 0 Å². The Hall–Kier alpha value is -2.79. The molecule has 4 rings (SSSR count). The number of amides is 1. The summed E-state index contributed by atoms with van der Waals surface area (Å²) in [4.78, 5) is 21.3. The molecule has 2 heterocycles. The maximum Gasteiger partial charge on any atom is 0.253 e. The van der Waals surface area contributed by atoms with E-state index in [1.807, 2.05) is 49.4 Å². The lowest BCUT2D eigenvalue weighted by atomic mass is 9.79. The number of pyridine rings is 2. The van der Waals surface area contributed by atoms with Gasteiger partial charge in [-0.15, -0.1) is 0 Å². The number of carbonyl (C=O) groups excluding carboxylic acids is 1. The van der Waals surface area contributed by atoms with Crippen molar-refractivity contribution in [2.75, 3.05) is 0 Å². The Morgan fingerprint density at radius 2 is 1.89 bits per heavy atom. The molecule has 1 aromatic carbocycles. The van der Waals surface area contributed by atoms with Crippen LogP contribution in [0.4, 0.5) is 0 Å². The van der Waals surface area contributed by atoms with Crippen LogP contribution in [0, 0.1) is 6.92 Å². The van der Waals surface area contributed by atoms with Crippen LogP contribution in [0.25, 0.3) is 11.0 Å². The Kier molecular flexibility index (Phi) is 5.09. The monoisotopic (exact) mass is 375 g/mol. The summed E-state index contributed by atoms with van der Waals surface area (Å²) >= 11 is 0. The van der Waals surface area contributed by atoms with Crippen molar-refractivity contribution < 1.29 is 9.90 Å². The van der Waals surface area contributed by atoms with Crippen molar-refractivity contribution in [2.45, 2.75) is 51.2 Å². The molecule has 1 amide bonds. The van der Waals surface area contributed by atoms with E-state index in [9.17, 15) is 9.90 Å². The third-order valence-electron chi connectivity index (χ3n) is 5.65. The molecule has 0 unspecified atom stereocenters. The van der Waals surface area contributed by atoms with E-state index < -0.39 is 5.60 Å². The minimum absolute atomic E-state index is 0.147. The van der Waals surface area contributed by atoms with Gasteiger partial charge in [-0.05, 0) is 49.1 Å². The maximum atomic E-state index is 12.6. The summed E-state index contributed by atoms with van der Waals surface area (Å²) < 4.78 is 0. The van der Waals surface area contributed by atoms with Crippen molar-refractivity contribution in [3.63, 3.8) is 0 Å². The topological polar surface area (TPSA) is 75.1 Å². The van der Waals surface area contributed by atoms with Crippen molar-refractivity contribution in [1.82, 2.24) is 15.3 Å². The highest BCUT2D eigenvalue weighted by molar-refractivity contribution is 5.98. The van der Waals surface area contributed by atoms with Crippen LogP contribution >= 0.6 is 0 Å². The number of fused-ring (bicyclic) bond motifs is 1. The predicted molar refractivity (Wildman–Crippen MR) is 109 cm³/mol. The van der Waals surface area contributed by atoms with Crippen molar-refractivity contribution in [3.05, 3.63) is 71.0 Å². The fraction of sp³-hybridized carbons (Fsp3) is 0.348. The van der Waals surface area contributed by atoms with Crippen LogP contribution in [0.2, 0.25) is 0 Å². The van der Waals surface area contributed by atoms with Gasteiger partial charge in [0.2, 0.25) is 0 Å². The van der Waals surface area contributed by atoms with Gasteiger partial charge in [0.05, 0.1) is 16.9 Å². The lowest BCUT2D eigenvalue weighted by Crippen LogP contribution is -2.28. The van der Waals surface area contributed by atoms with Gasteiger partial charge in [0.15, 0.2) is 5.65 Å². The van der Waals surface area contributed by atoms with Crippen molar-refractivity contribution >= 4 is 16.9 Å². The molecule has 0 aliphatic heterocycles. The number of aryl methyl sites for hydroxylation is 1. The van der Waals surface area contributed by atoms with Gasteiger partial charge in [-0.2, -0.15) is 0 Å². The Labute approximate surface area is 164 Å². The van der Waals surface area contributed by atoms with Gasteiger partial charge in [-0.25, -0.2) is 9.97 Å². The van der Waals surface area contributed by atoms with Crippen molar-refractivity contribution in [3.8, 4) is 0 Å². The zero-order valence-electron chi connectivity index (χ0n) is 16.1. The van der Waals surface area contributed by atoms with E-state index in [4.69, 9.17) is 0 Å². The minimum Gasteiger partial charge on any atom is -0.385 e. The smallest absolute Gasteiger partial charge is 0.253 e. The van der Waals surface area contributed by atoms with Crippen molar-refractivity contribution in [1.29, 1.82) is 0 Å². The van der Waals surface area contributed by atoms with Gasteiger partial charge in [-0.1, -0.05) is 43.5 Å². The molecule has 1 aliphatic rings. The van der Waals surface area contributed by atoms with Crippen LogP contribution in [0.3, 0.4) is 0 Å². The molecule has 2 aromatic heterocycles. The predicted octanol–water partition coefficient (Wildman–Crippen LogP) is 4.02. The number of aliphatic hydroxyl groups is 1. The SMILES string of the molecule is Cc1nc2ncccc2cc1C(=O)NCc1ccc(C2(O)CCCCC2)cc1. The van der Waals surface area contributed by atoms with E-state index in [1.54, 1.807) is 6.20 Å². The Morgan fingerprint density at radius 1 is 1.14 bits per heavy atom. The van der Waals surface area contributed by atoms with Crippen LogP contribution in [-0.2, 0) is 12.1 Å². The van der Waals surface area contributed by atoms with Crippen LogP contribution in [0.5, 0.6) is 0 Å². The second kappa shape index (κ2) is 7.68. The lowest BCUT2D eigenvalue weighted by Gasteiger charge is -2.32. The molecule has 28 heavy (non-hydrogen) atoms. The first-order valence-corrected chi connectivity index (χ1v) is 9.88. The van der Waals surface area contributed by atoms with Crippen LogP contribution in [-0.4, -0.2) is 21.0 Å². The number of hydrogen-bond acceptors (Lipinski definition) is 4. The van der Waals surface area contributed by atoms with Gasteiger partial charge in [0, 0.05) is 18.1 Å². The standard InChI is InChI=1S/C23H25N3O2/c1-16-20(14-18-6-5-13-24-21(18)26-16)22(27)25-15-17-7-9-19(10-8-17)23(28)11-3-2-4-12-23/h5-10,13-14,28H,2-4,11-12,15H2,1H3,(H,25,27). The second-order valence-corrected chi connectivity index (χ2v) is 7.64. The minimum atomic E-state index is -0.693. The summed E-state index contributed by atoms with van der Waals surface area (Å²) in [6.07, 6.45) is 6.69. The van der Waals surface area contributed by atoms with Crippen molar-refractivity contribution in [2.24, 2.45) is 0 Å². The van der Waals surface area contributed by atoms with E-state index >= 15 is 0 Å². The van der Waals surface area contributed by atoms with Crippen LogP contribution in [0.15, 0.2) is 48.7 Å². The molecule has 5 heteroatoms. The zero-order chi connectivity index (χ0) is 19.6. The number of carbonyl (C=O) groups is 1. The molecular weight excluding hydrogens is 350 g/mol. The molecule has 2 N–H and O–H groups in total. The summed E-state index contributed by atoms with van der Waals surface area (Å²) in [6, 6.07) is 13.5. The first-order chi connectivity index (χ1) is 13.5. The van der Waals surface area contributed by atoms with Gasteiger partial charge in [-0.3, -0.25) is 4.79 Å². The zero-order valence-corrected chi connectivity index (χ0v) is 16.1. The number of aromatic nitrogens is 2. The molecule has 144 valence electrons. The Bertz CT molecular complexity index is 992. The average molecular weight is 375 g/mol. The molecule has 0 atom stereocenters.